The van der Waals surface area contributed by atoms with Crippen LogP contribution in [0.15, 0.2) is 35.6 Å². The van der Waals surface area contributed by atoms with Gasteiger partial charge in [-0.05, 0) is 50.7 Å². The van der Waals surface area contributed by atoms with Gasteiger partial charge in [-0.15, -0.1) is 0 Å². The van der Waals surface area contributed by atoms with Crippen LogP contribution < -0.4 is 4.90 Å². The second-order valence-electron chi connectivity index (χ2n) is 8.33. The average Bonchev–Trinajstić information content (AvgIpc) is 2.86. The van der Waals surface area contributed by atoms with E-state index in [0.29, 0.717) is 13.0 Å². The van der Waals surface area contributed by atoms with Gasteiger partial charge < -0.3 is 19.8 Å². The van der Waals surface area contributed by atoms with Crippen molar-refractivity contribution in [1.29, 1.82) is 0 Å². The number of nitrogens with zero attached hydrogens (tertiary/aromatic N) is 3. The van der Waals surface area contributed by atoms with Crippen LogP contribution in [0.1, 0.15) is 38.3 Å². The van der Waals surface area contributed by atoms with Gasteiger partial charge in [0.2, 0.25) is 0 Å². The number of anilines is 1. The summed E-state index contributed by atoms with van der Waals surface area (Å²) in [6.07, 6.45) is 1.08. The van der Waals surface area contributed by atoms with Gasteiger partial charge >= 0.3 is 0 Å². The van der Waals surface area contributed by atoms with E-state index in [1.165, 1.54) is 0 Å². The van der Waals surface area contributed by atoms with Crippen LogP contribution in [0.4, 0.5) is 5.69 Å². The molecule has 0 aromatic heterocycles. The Balaban J connectivity index is 2.40. The highest BCUT2D eigenvalue weighted by atomic mass is 16.3. The van der Waals surface area contributed by atoms with Crippen LogP contribution in [0.5, 0.6) is 0 Å². The Bertz CT molecular complexity index is 736. The molecule has 0 radical (unpaired) electrons. The van der Waals surface area contributed by atoms with E-state index in [9.17, 15) is 14.7 Å². The molecule has 1 heterocycles. The Morgan fingerprint density at radius 3 is 2.25 bits per heavy atom. The van der Waals surface area contributed by atoms with Gasteiger partial charge in [-0.1, -0.05) is 26.0 Å². The summed E-state index contributed by atoms with van der Waals surface area (Å²) in [5.74, 6) is -0.843. The van der Waals surface area contributed by atoms with Crippen molar-refractivity contribution in [2.24, 2.45) is 5.92 Å². The maximum Gasteiger partial charge on any atom is 0.290 e. The van der Waals surface area contributed by atoms with Crippen LogP contribution in [0, 0.1) is 5.92 Å². The number of carbonyl (C=O) groups excluding carboxylic acids is 2. The number of carbonyl (C=O) groups is 2. The highest BCUT2D eigenvalue weighted by molar-refractivity contribution is 6.09. The topological polar surface area (TPSA) is 64.1 Å². The van der Waals surface area contributed by atoms with E-state index < -0.39 is 17.7 Å². The molecule has 0 bridgehead atoms. The van der Waals surface area contributed by atoms with Crippen LogP contribution in [0.25, 0.3) is 0 Å². The Hall–Kier alpha value is -2.34. The van der Waals surface area contributed by atoms with Crippen LogP contribution in [0.2, 0.25) is 0 Å². The first-order valence-corrected chi connectivity index (χ1v) is 9.82. The average molecular weight is 388 g/mol. The summed E-state index contributed by atoms with van der Waals surface area (Å²) in [6.45, 7) is 5.23. The lowest BCUT2D eigenvalue weighted by Crippen LogP contribution is -2.33. The van der Waals surface area contributed by atoms with Gasteiger partial charge in [-0.3, -0.25) is 9.59 Å². The van der Waals surface area contributed by atoms with E-state index in [4.69, 9.17) is 0 Å². The Kier molecular flexibility index (Phi) is 7.24. The number of rotatable bonds is 9. The minimum Gasteiger partial charge on any atom is -0.503 e. The third-order valence-electron chi connectivity index (χ3n) is 4.93. The number of aliphatic hydroxyl groups excluding tert-OH is 1. The third kappa shape index (κ3) is 4.93. The first kappa shape index (κ1) is 22.0. The molecule has 154 valence electrons. The summed E-state index contributed by atoms with van der Waals surface area (Å²) in [4.78, 5) is 31.4. The van der Waals surface area contributed by atoms with Crippen molar-refractivity contribution in [1.82, 2.24) is 9.80 Å². The lowest BCUT2D eigenvalue weighted by atomic mass is 9.92. The van der Waals surface area contributed by atoms with E-state index in [1.54, 1.807) is 4.90 Å². The number of benzene rings is 1. The molecule has 1 N–H and O–H groups in total. The maximum absolute atomic E-state index is 12.9. The molecule has 0 saturated heterocycles. The minimum atomic E-state index is -0.530. The summed E-state index contributed by atoms with van der Waals surface area (Å²) >= 11 is 0. The molecule has 1 amide bonds. The van der Waals surface area contributed by atoms with E-state index in [2.05, 4.69) is 4.90 Å². The summed E-state index contributed by atoms with van der Waals surface area (Å²) in [5.41, 5.74) is 2.12. The van der Waals surface area contributed by atoms with Gasteiger partial charge in [0.15, 0.2) is 11.5 Å². The fourth-order valence-corrected chi connectivity index (χ4v) is 3.51. The largest absolute Gasteiger partial charge is 0.503 e. The lowest BCUT2D eigenvalue weighted by Gasteiger charge is -2.28. The molecule has 28 heavy (non-hydrogen) atoms. The smallest absolute Gasteiger partial charge is 0.290 e. The fourth-order valence-electron chi connectivity index (χ4n) is 3.51. The quantitative estimate of drug-likeness (QED) is 0.706. The van der Waals surface area contributed by atoms with Gasteiger partial charge in [0.05, 0.1) is 11.6 Å². The first-order valence-electron chi connectivity index (χ1n) is 9.82. The molecule has 1 aromatic rings. The number of hydrogen-bond donors (Lipinski definition) is 1. The van der Waals surface area contributed by atoms with E-state index in [1.807, 2.05) is 71.2 Å². The molecule has 1 atom stereocenters. The molecule has 0 spiro atoms. The molecule has 2 rings (SSSR count). The number of ketones is 1. The zero-order valence-corrected chi connectivity index (χ0v) is 17.9. The van der Waals surface area contributed by atoms with Crippen LogP contribution >= 0.6 is 0 Å². The Morgan fingerprint density at radius 2 is 1.75 bits per heavy atom. The highest BCUT2D eigenvalue weighted by Gasteiger charge is 2.43. The zero-order chi connectivity index (χ0) is 21.0. The molecule has 1 aromatic carbocycles. The zero-order valence-electron chi connectivity index (χ0n) is 17.9. The number of amides is 1. The van der Waals surface area contributed by atoms with Crippen molar-refractivity contribution >= 4 is 17.4 Å². The molecule has 1 unspecified atom stereocenters. The molecule has 1 aliphatic rings. The predicted octanol–water partition coefficient (Wildman–Crippen LogP) is 3.01. The highest BCUT2D eigenvalue weighted by Crippen LogP contribution is 2.39. The number of hydrogen-bond acceptors (Lipinski definition) is 5. The Morgan fingerprint density at radius 1 is 1.14 bits per heavy atom. The number of Topliss-reactive ketones (excluding diaryl/α,β-unsaturated/α-hetero) is 1. The van der Waals surface area contributed by atoms with Crippen molar-refractivity contribution in [2.45, 2.75) is 32.7 Å². The molecule has 6 nitrogen and oxygen atoms in total. The van der Waals surface area contributed by atoms with Crippen molar-refractivity contribution in [3.63, 3.8) is 0 Å². The van der Waals surface area contributed by atoms with Crippen LogP contribution in [-0.2, 0) is 9.59 Å². The fraction of sp³-hybridized carbons (Fsp3) is 0.545. The van der Waals surface area contributed by atoms with Crippen LogP contribution in [-0.4, -0.2) is 67.9 Å². The first-order chi connectivity index (χ1) is 13.1. The molecular weight excluding hydrogens is 354 g/mol. The standard InChI is InChI=1S/C22H33N3O3/c1-15(2)14-18(26)19-20(16-8-10-17(11-9-16)24(5)6)25(22(28)21(19)27)13-7-12-23(3)4/h8-11,15,20,27H,7,12-14H2,1-6H3. The van der Waals surface area contributed by atoms with Crippen molar-refractivity contribution < 1.29 is 14.7 Å². The van der Waals surface area contributed by atoms with Crippen LogP contribution in [0.3, 0.4) is 0 Å². The van der Waals surface area contributed by atoms with Crippen molar-refractivity contribution in [3.8, 4) is 0 Å². The monoisotopic (exact) mass is 387 g/mol. The molecule has 6 heteroatoms. The van der Waals surface area contributed by atoms with Gasteiger partial charge in [-0.2, -0.15) is 0 Å². The predicted molar refractivity (Wildman–Crippen MR) is 113 cm³/mol. The minimum absolute atomic E-state index is 0.155. The van der Waals surface area contributed by atoms with E-state index in [0.717, 1.165) is 24.2 Å². The van der Waals surface area contributed by atoms with Gasteiger partial charge in [0.1, 0.15) is 0 Å². The second-order valence-corrected chi connectivity index (χ2v) is 8.33. The summed E-state index contributed by atoms with van der Waals surface area (Å²) in [7, 11) is 7.89. The molecule has 1 aliphatic heterocycles. The normalized spacial score (nSPS) is 17.2. The lowest BCUT2D eigenvalue weighted by molar-refractivity contribution is -0.129. The summed E-state index contributed by atoms with van der Waals surface area (Å²) in [6, 6.07) is 7.29. The second kappa shape index (κ2) is 9.24. The van der Waals surface area contributed by atoms with Gasteiger partial charge in [0, 0.05) is 32.7 Å². The Labute approximate surface area is 168 Å². The molecule has 0 aliphatic carbocycles. The van der Waals surface area contributed by atoms with Crippen molar-refractivity contribution in [2.75, 3.05) is 46.2 Å². The van der Waals surface area contributed by atoms with E-state index in [-0.39, 0.29) is 17.3 Å². The van der Waals surface area contributed by atoms with Crippen molar-refractivity contribution in [3.05, 3.63) is 41.2 Å². The third-order valence-corrected chi connectivity index (χ3v) is 4.93. The summed E-state index contributed by atoms with van der Waals surface area (Å²) < 4.78 is 0. The molecular formula is C22H33N3O3. The molecule has 0 saturated carbocycles. The van der Waals surface area contributed by atoms with E-state index >= 15 is 0 Å². The maximum atomic E-state index is 12.9. The van der Waals surface area contributed by atoms with Gasteiger partial charge in [0.25, 0.3) is 5.91 Å². The SMILES string of the molecule is CC(C)CC(=O)C1=C(O)C(=O)N(CCCN(C)C)C1c1ccc(N(C)C)cc1. The number of aliphatic hydroxyl groups is 1. The molecule has 0 fully saturated rings. The summed E-state index contributed by atoms with van der Waals surface area (Å²) in [5, 5.41) is 10.5. The van der Waals surface area contributed by atoms with Gasteiger partial charge in [-0.25, -0.2) is 0 Å².